The molecular weight excluding hydrogens is 188 g/mol. The monoisotopic (exact) mass is 204 g/mol. The van der Waals surface area contributed by atoms with Gasteiger partial charge in [0.1, 0.15) is 5.75 Å². The first-order valence-corrected chi connectivity index (χ1v) is 5.31. The Morgan fingerprint density at radius 1 is 1.33 bits per heavy atom. The van der Waals surface area contributed by atoms with E-state index in [0.717, 1.165) is 31.1 Å². The number of benzene rings is 1. The van der Waals surface area contributed by atoms with Gasteiger partial charge in [-0.3, -0.25) is 4.99 Å². The summed E-state index contributed by atoms with van der Waals surface area (Å²) in [5.41, 5.74) is 1.25. The summed E-state index contributed by atoms with van der Waals surface area (Å²) in [6.45, 7) is 4.63. The molecule has 0 fully saturated rings. The summed E-state index contributed by atoms with van der Waals surface area (Å²) in [7, 11) is 0. The molecule has 80 valence electrons. The van der Waals surface area contributed by atoms with Crippen LogP contribution in [0, 0.1) is 6.92 Å². The Morgan fingerprint density at radius 3 is 2.80 bits per heavy atom. The largest absolute Gasteiger partial charge is 0.493 e. The summed E-state index contributed by atoms with van der Waals surface area (Å²) in [6, 6.07) is 8.11. The molecule has 0 saturated heterocycles. The van der Waals surface area contributed by atoms with Gasteiger partial charge in [-0.1, -0.05) is 17.7 Å². The van der Waals surface area contributed by atoms with E-state index in [2.05, 4.69) is 29.4 Å². The van der Waals surface area contributed by atoms with Crippen molar-refractivity contribution in [3.63, 3.8) is 0 Å². The molecule has 15 heavy (non-hydrogen) atoms. The maximum Gasteiger partial charge on any atom is 0.119 e. The summed E-state index contributed by atoms with van der Waals surface area (Å²) in [5.74, 6) is 2.00. The van der Waals surface area contributed by atoms with Gasteiger partial charge in [0.25, 0.3) is 0 Å². The third-order valence-electron chi connectivity index (χ3n) is 2.37. The summed E-state index contributed by atoms with van der Waals surface area (Å²) < 4.78 is 5.60. The highest BCUT2D eigenvalue weighted by Crippen LogP contribution is 2.11. The number of rotatable bonds is 4. The standard InChI is InChI=1S/C12H16N2O/c1-10-2-4-11(5-3-10)15-9-6-12-13-7-8-14-12/h2-5H,6-9H2,1H3,(H,13,14). The van der Waals surface area contributed by atoms with E-state index in [4.69, 9.17) is 4.74 Å². The Hall–Kier alpha value is -1.51. The number of hydrogen-bond acceptors (Lipinski definition) is 3. The van der Waals surface area contributed by atoms with Gasteiger partial charge in [0.2, 0.25) is 0 Å². The molecule has 0 aromatic heterocycles. The van der Waals surface area contributed by atoms with Crippen LogP contribution >= 0.6 is 0 Å². The fraction of sp³-hybridized carbons (Fsp3) is 0.417. The highest BCUT2D eigenvalue weighted by molar-refractivity contribution is 5.83. The first-order valence-electron chi connectivity index (χ1n) is 5.31. The van der Waals surface area contributed by atoms with Crippen molar-refractivity contribution >= 4 is 5.84 Å². The smallest absolute Gasteiger partial charge is 0.119 e. The molecule has 1 aromatic rings. The zero-order chi connectivity index (χ0) is 10.5. The molecule has 0 bridgehead atoms. The van der Waals surface area contributed by atoms with E-state index >= 15 is 0 Å². The van der Waals surface area contributed by atoms with Crippen molar-refractivity contribution in [3.05, 3.63) is 29.8 Å². The zero-order valence-electron chi connectivity index (χ0n) is 8.99. The van der Waals surface area contributed by atoms with Gasteiger partial charge in [-0.05, 0) is 19.1 Å². The Balaban J connectivity index is 1.75. The average molecular weight is 204 g/mol. The molecule has 3 nitrogen and oxygen atoms in total. The van der Waals surface area contributed by atoms with E-state index in [1.54, 1.807) is 0 Å². The lowest BCUT2D eigenvalue weighted by Crippen LogP contribution is -2.20. The summed E-state index contributed by atoms with van der Waals surface area (Å²) in [5, 5.41) is 3.22. The molecule has 1 aliphatic heterocycles. The lowest BCUT2D eigenvalue weighted by atomic mass is 10.2. The normalized spacial score (nSPS) is 14.6. The predicted octanol–water partition coefficient (Wildman–Crippen LogP) is 1.77. The molecule has 0 amide bonds. The average Bonchev–Trinajstić information content (AvgIpc) is 2.74. The topological polar surface area (TPSA) is 33.6 Å². The number of ether oxygens (including phenoxy) is 1. The van der Waals surface area contributed by atoms with E-state index in [1.165, 1.54) is 5.56 Å². The number of amidine groups is 1. The predicted molar refractivity (Wildman–Crippen MR) is 61.6 cm³/mol. The van der Waals surface area contributed by atoms with E-state index in [-0.39, 0.29) is 0 Å². The van der Waals surface area contributed by atoms with Gasteiger partial charge in [0, 0.05) is 13.0 Å². The number of aryl methyl sites for hydroxylation is 1. The van der Waals surface area contributed by atoms with Crippen LogP contribution in [0.25, 0.3) is 0 Å². The second-order valence-electron chi connectivity index (χ2n) is 3.67. The summed E-state index contributed by atoms with van der Waals surface area (Å²) in [6.07, 6.45) is 0.869. The van der Waals surface area contributed by atoms with Gasteiger partial charge in [0.15, 0.2) is 0 Å². The maximum atomic E-state index is 5.60. The minimum absolute atomic E-state index is 0.689. The minimum atomic E-state index is 0.689. The summed E-state index contributed by atoms with van der Waals surface area (Å²) in [4.78, 5) is 4.31. The van der Waals surface area contributed by atoms with Crippen molar-refractivity contribution in [2.24, 2.45) is 4.99 Å². The van der Waals surface area contributed by atoms with Crippen LogP contribution in [0.1, 0.15) is 12.0 Å². The van der Waals surface area contributed by atoms with Crippen molar-refractivity contribution in [3.8, 4) is 5.75 Å². The molecule has 2 rings (SSSR count). The Labute approximate surface area is 90.2 Å². The van der Waals surface area contributed by atoms with Crippen LogP contribution in [0.5, 0.6) is 5.75 Å². The minimum Gasteiger partial charge on any atom is -0.493 e. The fourth-order valence-corrected chi connectivity index (χ4v) is 1.51. The molecule has 0 unspecified atom stereocenters. The number of nitrogens with zero attached hydrogens (tertiary/aromatic N) is 1. The second-order valence-corrected chi connectivity index (χ2v) is 3.67. The lowest BCUT2D eigenvalue weighted by Gasteiger charge is -2.06. The maximum absolute atomic E-state index is 5.60. The van der Waals surface area contributed by atoms with Crippen LogP contribution < -0.4 is 10.1 Å². The van der Waals surface area contributed by atoms with Crippen molar-refractivity contribution in [1.82, 2.24) is 5.32 Å². The SMILES string of the molecule is Cc1ccc(OCCC2=NCCN2)cc1. The van der Waals surface area contributed by atoms with Gasteiger partial charge >= 0.3 is 0 Å². The van der Waals surface area contributed by atoms with Gasteiger partial charge in [-0.15, -0.1) is 0 Å². The molecule has 1 aliphatic rings. The Morgan fingerprint density at radius 2 is 2.13 bits per heavy atom. The molecule has 0 spiro atoms. The molecular formula is C12H16N2O. The van der Waals surface area contributed by atoms with E-state index in [9.17, 15) is 0 Å². The van der Waals surface area contributed by atoms with Crippen LogP contribution in [0.3, 0.4) is 0 Å². The highest BCUT2D eigenvalue weighted by Gasteiger charge is 2.04. The first-order chi connectivity index (χ1) is 7.34. The lowest BCUT2D eigenvalue weighted by molar-refractivity contribution is 0.328. The first kappa shape index (κ1) is 10.0. The number of nitrogens with one attached hydrogen (secondary N) is 1. The van der Waals surface area contributed by atoms with E-state index < -0.39 is 0 Å². The third-order valence-corrected chi connectivity index (χ3v) is 2.37. The molecule has 0 radical (unpaired) electrons. The van der Waals surface area contributed by atoms with E-state index in [1.807, 2.05) is 12.1 Å². The molecule has 1 heterocycles. The molecule has 1 N–H and O–H groups in total. The fourth-order valence-electron chi connectivity index (χ4n) is 1.51. The molecule has 0 aliphatic carbocycles. The number of aliphatic imine (C=N–C) groups is 1. The van der Waals surface area contributed by atoms with Crippen LogP contribution in [0.4, 0.5) is 0 Å². The van der Waals surface area contributed by atoms with Crippen LogP contribution in [0.15, 0.2) is 29.3 Å². The van der Waals surface area contributed by atoms with Crippen LogP contribution in [0.2, 0.25) is 0 Å². The van der Waals surface area contributed by atoms with Crippen molar-refractivity contribution < 1.29 is 4.74 Å². The van der Waals surface area contributed by atoms with Crippen molar-refractivity contribution in [2.45, 2.75) is 13.3 Å². The molecule has 1 aromatic carbocycles. The summed E-state index contributed by atoms with van der Waals surface area (Å²) >= 11 is 0. The van der Waals surface area contributed by atoms with Gasteiger partial charge < -0.3 is 10.1 Å². The van der Waals surface area contributed by atoms with Gasteiger partial charge in [-0.2, -0.15) is 0 Å². The Bertz CT molecular complexity index is 343. The molecule has 3 heteroatoms. The van der Waals surface area contributed by atoms with Crippen LogP contribution in [-0.2, 0) is 0 Å². The quantitative estimate of drug-likeness (QED) is 0.811. The molecule has 0 atom stereocenters. The third kappa shape index (κ3) is 2.98. The Kier molecular flexibility index (Phi) is 3.22. The second kappa shape index (κ2) is 4.82. The van der Waals surface area contributed by atoms with Crippen LogP contribution in [-0.4, -0.2) is 25.5 Å². The van der Waals surface area contributed by atoms with Gasteiger partial charge in [0.05, 0.1) is 19.0 Å². The molecule has 0 saturated carbocycles. The zero-order valence-corrected chi connectivity index (χ0v) is 8.99. The van der Waals surface area contributed by atoms with Crippen molar-refractivity contribution in [1.29, 1.82) is 0 Å². The van der Waals surface area contributed by atoms with E-state index in [0.29, 0.717) is 6.61 Å². The number of hydrogen-bond donors (Lipinski definition) is 1. The van der Waals surface area contributed by atoms with Gasteiger partial charge in [-0.25, -0.2) is 0 Å². The van der Waals surface area contributed by atoms with Crippen molar-refractivity contribution in [2.75, 3.05) is 19.7 Å². The highest BCUT2D eigenvalue weighted by atomic mass is 16.5.